The van der Waals surface area contributed by atoms with Crippen molar-refractivity contribution in [3.8, 4) is 0 Å². The van der Waals surface area contributed by atoms with Gasteiger partial charge in [-0.05, 0) is 30.4 Å². The van der Waals surface area contributed by atoms with Crippen LogP contribution in [0.15, 0.2) is 24.3 Å². The lowest BCUT2D eigenvalue weighted by molar-refractivity contribution is 0.441. The van der Waals surface area contributed by atoms with Crippen LogP contribution >= 0.6 is 0 Å². The predicted molar refractivity (Wildman–Crippen MR) is 65.3 cm³/mol. The van der Waals surface area contributed by atoms with Crippen molar-refractivity contribution < 1.29 is 0 Å². The summed E-state index contributed by atoms with van der Waals surface area (Å²) in [5, 5.41) is 3.66. The van der Waals surface area contributed by atoms with Crippen LogP contribution in [0.5, 0.6) is 0 Å². The molecule has 1 atom stereocenters. The van der Waals surface area contributed by atoms with Crippen molar-refractivity contribution in [3.63, 3.8) is 0 Å². The van der Waals surface area contributed by atoms with Crippen LogP contribution in [0.4, 0.5) is 0 Å². The lowest BCUT2D eigenvalue weighted by Crippen LogP contribution is -2.35. The van der Waals surface area contributed by atoms with E-state index in [0.717, 1.165) is 12.5 Å². The van der Waals surface area contributed by atoms with Gasteiger partial charge >= 0.3 is 0 Å². The molecule has 1 aliphatic rings. The largest absolute Gasteiger partial charge is 0.313 e. The Bertz CT molecular complexity index is 315. The second kappa shape index (κ2) is 4.80. The Balaban J connectivity index is 1.84. The number of benzene rings is 1. The smallest absolute Gasteiger partial charge is 0.00620 e. The number of fused-ring (bicyclic) bond motifs is 1. The van der Waals surface area contributed by atoms with E-state index >= 15 is 0 Å². The van der Waals surface area contributed by atoms with Gasteiger partial charge in [-0.2, -0.15) is 0 Å². The maximum Gasteiger partial charge on any atom is 0.00620 e. The summed E-state index contributed by atoms with van der Waals surface area (Å²) in [4.78, 5) is 0. The van der Waals surface area contributed by atoms with Crippen molar-refractivity contribution in [1.29, 1.82) is 0 Å². The molecule has 1 N–H and O–H groups in total. The van der Waals surface area contributed by atoms with E-state index in [2.05, 4.69) is 43.4 Å². The van der Waals surface area contributed by atoms with E-state index in [1.165, 1.54) is 19.3 Å². The first-order chi connectivity index (χ1) is 7.35. The van der Waals surface area contributed by atoms with Gasteiger partial charge in [-0.25, -0.2) is 0 Å². The van der Waals surface area contributed by atoms with E-state index in [0.29, 0.717) is 6.04 Å². The predicted octanol–water partition coefficient (Wildman–Crippen LogP) is 3.10. The Kier molecular flexibility index (Phi) is 3.42. The minimum atomic E-state index is 0.706. The summed E-state index contributed by atoms with van der Waals surface area (Å²) in [7, 11) is 0. The molecule has 82 valence electrons. The van der Waals surface area contributed by atoms with Gasteiger partial charge in [0.15, 0.2) is 0 Å². The summed E-state index contributed by atoms with van der Waals surface area (Å²) in [5.41, 5.74) is 3.12. The number of hydrogen-bond donors (Lipinski definition) is 1. The van der Waals surface area contributed by atoms with Crippen LogP contribution in [0.25, 0.3) is 0 Å². The molecule has 1 aromatic carbocycles. The summed E-state index contributed by atoms with van der Waals surface area (Å²) < 4.78 is 0. The van der Waals surface area contributed by atoms with E-state index in [9.17, 15) is 0 Å². The summed E-state index contributed by atoms with van der Waals surface area (Å²) in [6.07, 6.45) is 3.75. The van der Waals surface area contributed by atoms with Crippen molar-refractivity contribution in [2.75, 3.05) is 6.54 Å². The third-order valence-corrected chi connectivity index (χ3v) is 3.60. The number of hydrogen-bond acceptors (Lipinski definition) is 1. The quantitative estimate of drug-likeness (QED) is 0.775. The van der Waals surface area contributed by atoms with E-state index in [1.807, 2.05) is 0 Å². The highest BCUT2D eigenvalue weighted by Crippen LogP contribution is 2.34. The van der Waals surface area contributed by atoms with Gasteiger partial charge in [0.25, 0.3) is 0 Å². The zero-order valence-corrected chi connectivity index (χ0v) is 9.79. The lowest BCUT2D eigenvalue weighted by Gasteiger charge is -2.31. The molecular formula is C14H21N. The zero-order valence-electron chi connectivity index (χ0n) is 9.79. The molecule has 0 fully saturated rings. The third-order valence-electron chi connectivity index (χ3n) is 3.60. The van der Waals surface area contributed by atoms with Gasteiger partial charge in [-0.1, -0.05) is 38.1 Å². The van der Waals surface area contributed by atoms with Gasteiger partial charge < -0.3 is 5.32 Å². The molecule has 1 heteroatoms. The highest BCUT2D eigenvalue weighted by molar-refractivity contribution is 5.40. The average Bonchev–Trinajstić information content (AvgIpc) is 2.25. The molecule has 0 radical (unpaired) electrons. The Labute approximate surface area is 92.9 Å². The van der Waals surface area contributed by atoms with Gasteiger partial charge in [0, 0.05) is 18.5 Å². The molecule has 2 rings (SSSR count). The van der Waals surface area contributed by atoms with Gasteiger partial charge in [0.1, 0.15) is 0 Å². The molecule has 1 aromatic rings. The molecule has 1 unspecified atom stereocenters. The maximum atomic E-state index is 3.66. The van der Waals surface area contributed by atoms with E-state index in [-0.39, 0.29) is 0 Å². The van der Waals surface area contributed by atoms with Crippen LogP contribution in [0, 0.1) is 0 Å². The second-order valence-electron chi connectivity index (χ2n) is 4.52. The molecule has 0 amide bonds. The summed E-state index contributed by atoms with van der Waals surface area (Å²) >= 11 is 0. The van der Waals surface area contributed by atoms with Crippen LogP contribution < -0.4 is 5.32 Å². The normalized spacial score (nSPS) is 18.7. The molecule has 0 spiro atoms. The van der Waals surface area contributed by atoms with Crippen LogP contribution in [0.1, 0.15) is 43.7 Å². The molecule has 1 nitrogen and oxygen atoms in total. The Morgan fingerprint density at radius 2 is 2.00 bits per heavy atom. The van der Waals surface area contributed by atoms with E-state index < -0.39 is 0 Å². The SMILES string of the molecule is CCC(CC)NCC1Cc2ccccc21. The fraction of sp³-hybridized carbons (Fsp3) is 0.571. The first kappa shape index (κ1) is 10.7. The van der Waals surface area contributed by atoms with Crippen molar-refractivity contribution in [2.24, 2.45) is 0 Å². The monoisotopic (exact) mass is 203 g/mol. The first-order valence-corrected chi connectivity index (χ1v) is 6.16. The van der Waals surface area contributed by atoms with Crippen molar-refractivity contribution in [1.82, 2.24) is 5.32 Å². The van der Waals surface area contributed by atoms with Crippen LogP contribution in [-0.2, 0) is 6.42 Å². The fourth-order valence-corrected chi connectivity index (χ4v) is 2.43. The van der Waals surface area contributed by atoms with E-state index in [1.54, 1.807) is 11.1 Å². The number of nitrogens with one attached hydrogen (secondary N) is 1. The molecule has 0 aromatic heterocycles. The topological polar surface area (TPSA) is 12.0 Å². The highest BCUT2D eigenvalue weighted by Gasteiger charge is 2.25. The molecule has 0 saturated heterocycles. The van der Waals surface area contributed by atoms with Gasteiger partial charge in [0.2, 0.25) is 0 Å². The highest BCUT2D eigenvalue weighted by atomic mass is 14.9. The van der Waals surface area contributed by atoms with Gasteiger partial charge in [-0.15, -0.1) is 0 Å². The first-order valence-electron chi connectivity index (χ1n) is 6.16. The Morgan fingerprint density at radius 3 is 2.67 bits per heavy atom. The van der Waals surface area contributed by atoms with Gasteiger partial charge in [0.05, 0.1) is 0 Å². The second-order valence-corrected chi connectivity index (χ2v) is 4.52. The van der Waals surface area contributed by atoms with Crippen molar-refractivity contribution >= 4 is 0 Å². The molecule has 15 heavy (non-hydrogen) atoms. The fourth-order valence-electron chi connectivity index (χ4n) is 2.43. The van der Waals surface area contributed by atoms with Crippen molar-refractivity contribution in [3.05, 3.63) is 35.4 Å². The average molecular weight is 203 g/mol. The minimum Gasteiger partial charge on any atom is -0.313 e. The Hall–Kier alpha value is -0.820. The van der Waals surface area contributed by atoms with E-state index in [4.69, 9.17) is 0 Å². The van der Waals surface area contributed by atoms with Crippen LogP contribution in [-0.4, -0.2) is 12.6 Å². The summed E-state index contributed by atoms with van der Waals surface area (Å²) in [5.74, 6) is 0.766. The van der Waals surface area contributed by atoms with Crippen molar-refractivity contribution in [2.45, 2.75) is 45.1 Å². The molecule has 1 aliphatic carbocycles. The summed E-state index contributed by atoms with van der Waals surface area (Å²) in [6, 6.07) is 9.53. The van der Waals surface area contributed by atoms with Crippen LogP contribution in [0.2, 0.25) is 0 Å². The number of rotatable bonds is 5. The lowest BCUT2D eigenvalue weighted by atomic mass is 9.77. The third kappa shape index (κ3) is 2.23. The minimum absolute atomic E-state index is 0.706. The van der Waals surface area contributed by atoms with Gasteiger partial charge in [-0.3, -0.25) is 0 Å². The zero-order chi connectivity index (χ0) is 10.7. The molecule has 0 aliphatic heterocycles. The molecule has 0 saturated carbocycles. The molecule has 0 heterocycles. The Morgan fingerprint density at radius 1 is 1.27 bits per heavy atom. The maximum absolute atomic E-state index is 3.66. The van der Waals surface area contributed by atoms with Crippen LogP contribution in [0.3, 0.4) is 0 Å². The summed E-state index contributed by atoms with van der Waals surface area (Å²) in [6.45, 7) is 5.68. The molecular weight excluding hydrogens is 182 g/mol. The standard InChI is InChI=1S/C14H21N/c1-3-13(4-2)15-10-12-9-11-7-5-6-8-14(11)12/h5-8,12-13,15H,3-4,9-10H2,1-2H3. The molecule has 0 bridgehead atoms.